The first-order valence-corrected chi connectivity index (χ1v) is 7.33. The maximum atomic E-state index is 11.6. The van der Waals surface area contributed by atoms with Crippen LogP contribution in [0.5, 0.6) is 0 Å². The van der Waals surface area contributed by atoms with Crippen LogP contribution in [0.4, 0.5) is 4.79 Å². The van der Waals surface area contributed by atoms with E-state index in [1.165, 1.54) is 5.56 Å². The van der Waals surface area contributed by atoms with E-state index in [0.29, 0.717) is 12.6 Å². The number of amides is 1. The Bertz CT molecular complexity index is 403. The molecule has 0 unspecified atom stereocenters. The molecule has 1 saturated heterocycles. The SMILES string of the molecule is CCOC(=O)N1CCC(NCCc2ccncc2)CC1. The van der Waals surface area contributed by atoms with Crippen molar-refractivity contribution in [1.82, 2.24) is 15.2 Å². The number of nitrogens with zero attached hydrogens (tertiary/aromatic N) is 2. The van der Waals surface area contributed by atoms with Crippen molar-refractivity contribution in [2.45, 2.75) is 32.2 Å². The predicted octanol–water partition coefficient (Wildman–Crippen LogP) is 1.83. The van der Waals surface area contributed by atoms with Crippen LogP contribution < -0.4 is 5.32 Å². The van der Waals surface area contributed by atoms with Gasteiger partial charge in [-0.1, -0.05) is 0 Å². The number of hydrogen-bond donors (Lipinski definition) is 1. The van der Waals surface area contributed by atoms with E-state index in [1.807, 2.05) is 31.5 Å². The smallest absolute Gasteiger partial charge is 0.409 e. The molecule has 0 spiro atoms. The van der Waals surface area contributed by atoms with E-state index in [2.05, 4.69) is 10.3 Å². The quantitative estimate of drug-likeness (QED) is 0.892. The largest absolute Gasteiger partial charge is 0.450 e. The van der Waals surface area contributed by atoms with Crippen molar-refractivity contribution >= 4 is 6.09 Å². The van der Waals surface area contributed by atoms with Crippen molar-refractivity contribution in [2.75, 3.05) is 26.2 Å². The standard InChI is InChI=1S/C15H23N3O2/c1-2-20-15(19)18-11-6-14(7-12-18)17-10-5-13-3-8-16-9-4-13/h3-4,8-9,14,17H,2,5-7,10-12H2,1H3. The van der Waals surface area contributed by atoms with Crippen molar-refractivity contribution in [2.24, 2.45) is 0 Å². The zero-order valence-corrected chi connectivity index (χ0v) is 12.0. The van der Waals surface area contributed by atoms with Gasteiger partial charge in [0.15, 0.2) is 0 Å². The van der Waals surface area contributed by atoms with Gasteiger partial charge in [-0.15, -0.1) is 0 Å². The van der Waals surface area contributed by atoms with Crippen LogP contribution in [0.25, 0.3) is 0 Å². The number of carbonyl (C=O) groups is 1. The molecule has 1 aromatic rings. The van der Waals surface area contributed by atoms with Gasteiger partial charge in [0, 0.05) is 31.5 Å². The molecule has 5 nitrogen and oxygen atoms in total. The molecule has 1 aliphatic rings. The Morgan fingerprint density at radius 2 is 2.10 bits per heavy atom. The third kappa shape index (κ3) is 4.49. The predicted molar refractivity (Wildman–Crippen MR) is 77.6 cm³/mol. The topological polar surface area (TPSA) is 54.5 Å². The summed E-state index contributed by atoms with van der Waals surface area (Å²) in [6, 6.07) is 4.60. The van der Waals surface area contributed by atoms with Crippen LogP contribution in [0.15, 0.2) is 24.5 Å². The first-order chi connectivity index (χ1) is 9.79. The van der Waals surface area contributed by atoms with Crippen molar-refractivity contribution in [3.05, 3.63) is 30.1 Å². The summed E-state index contributed by atoms with van der Waals surface area (Å²) in [5.74, 6) is 0. The van der Waals surface area contributed by atoms with E-state index >= 15 is 0 Å². The lowest BCUT2D eigenvalue weighted by Crippen LogP contribution is -2.45. The third-order valence-corrected chi connectivity index (χ3v) is 3.62. The average molecular weight is 277 g/mol. The summed E-state index contributed by atoms with van der Waals surface area (Å²) in [7, 11) is 0. The fraction of sp³-hybridized carbons (Fsp3) is 0.600. The third-order valence-electron chi connectivity index (χ3n) is 3.62. The van der Waals surface area contributed by atoms with E-state index in [9.17, 15) is 4.79 Å². The molecule has 0 radical (unpaired) electrons. The summed E-state index contributed by atoms with van der Waals surface area (Å²) >= 11 is 0. The normalized spacial score (nSPS) is 16.1. The van der Waals surface area contributed by atoms with E-state index in [4.69, 9.17) is 4.74 Å². The van der Waals surface area contributed by atoms with Gasteiger partial charge in [0.25, 0.3) is 0 Å². The van der Waals surface area contributed by atoms with Crippen LogP contribution >= 0.6 is 0 Å². The molecule has 5 heteroatoms. The molecular formula is C15H23N3O2. The van der Waals surface area contributed by atoms with Gasteiger partial charge in [0.2, 0.25) is 0 Å². The van der Waals surface area contributed by atoms with E-state index in [1.54, 1.807) is 4.90 Å². The molecule has 1 aromatic heterocycles. The number of rotatable bonds is 5. The summed E-state index contributed by atoms with van der Waals surface area (Å²) in [4.78, 5) is 17.4. The zero-order chi connectivity index (χ0) is 14.2. The van der Waals surface area contributed by atoms with Crippen molar-refractivity contribution in [1.29, 1.82) is 0 Å². The first kappa shape index (κ1) is 14.8. The number of aromatic nitrogens is 1. The van der Waals surface area contributed by atoms with Crippen LogP contribution in [0.2, 0.25) is 0 Å². The Kier molecular flexibility index (Phi) is 5.80. The van der Waals surface area contributed by atoms with Crippen molar-refractivity contribution in [3.8, 4) is 0 Å². The molecule has 2 rings (SSSR count). The van der Waals surface area contributed by atoms with Gasteiger partial charge in [-0.25, -0.2) is 4.79 Å². The number of nitrogens with one attached hydrogen (secondary N) is 1. The van der Waals surface area contributed by atoms with Crippen LogP contribution in [0.3, 0.4) is 0 Å². The molecular weight excluding hydrogens is 254 g/mol. The minimum Gasteiger partial charge on any atom is -0.450 e. The molecule has 0 aliphatic carbocycles. The monoisotopic (exact) mass is 277 g/mol. The van der Waals surface area contributed by atoms with Crippen LogP contribution in [-0.4, -0.2) is 48.3 Å². The van der Waals surface area contributed by atoms with Gasteiger partial charge in [-0.3, -0.25) is 4.98 Å². The number of ether oxygens (including phenoxy) is 1. The molecule has 0 saturated carbocycles. The summed E-state index contributed by atoms with van der Waals surface area (Å²) in [6.45, 7) is 4.82. The van der Waals surface area contributed by atoms with E-state index < -0.39 is 0 Å². The van der Waals surface area contributed by atoms with Crippen molar-refractivity contribution < 1.29 is 9.53 Å². The fourth-order valence-electron chi connectivity index (χ4n) is 2.45. The average Bonchev–Trinajstić information content (AvgIpc) is 2.49. The van der Waals surface area contributed by atoms with E-state index in [0.717, 1.165) is 38.9 Å². The highest BCUT2D eigenvalue weighted by Gasteiger charge is 2.22. The second kappa shape index (κ2) is 7.85. The zero-order valence-electron chi connectivity index (χ0n) is 12.0. The molecule has 0 atom stereocenters. The Balaban J connectivity index is 1.63. The summed E-state index contributed by atoms with van der Waals surface area (Å²) in [5.41, 5.74) is 1.30. The molecule has 1 N–H and O–H groups in total. The Morgan fingerprint density at radius 3 is 2.75 bits per heavy atom. The molecule has 1 aliphatic heterocycles. The number of carbonyl (C=O) groups excluding carboxylic acids is 1. The van der Waals surface area contributed by atoms with Crippen LogP contribution in [0.1, 0.15) is 25.3 Å². The van der Waals surface area contributed by atoms with Gasteiger partial charge in [0.1, 0.15) is 0 Å². The lowest BCUT2D eigenvalue weighted by atomic mass is 10.1. The Morgan fingerprint density at radius 1 is 1.40 bits per heavy atom. The molecule has 20 heavy (non-hydrogen) atoms. The highest BCUT2D eigenvalue weighted by Crippen LogP contribution is 2.11. The number of hydrogen-bond acceptors (Lipinski definition) is 4. The Labute approximate surface area is 120 Å². The summed E-state index contributed by atoms with van der Waals surface area (Å²) < 4.78 is 5.02. The fourth-order valence-corrected chi connectivity index (χ4v) is 2.45. The summed E-state index contributed by atoms with van der Waals surface area (Å²) in [6.07, 6.45) is 6.48. The van der Waals surface area contributed by atoms with Crippen molar-refractivity contribution in [3.63, 3.8) is 0 Å². The first-order valence-electron chi connectivity index (χ1n) is 7.33. The lowest BCUT2D eigenvalue weighted by molar-refractivity contribution is 0.0952. The number of piperidine rings is 1. The number of pyridine rings is 1. The van der Waals surface area contributed by atoms with Gasteiger partial charge in [-0.05, 0) is 50.4 Å². The summed E-state index contributed by atoms with van der Waals surface area (Å²) in [5, 5.41) is 3.56. The molecule has 1 fully saturated rings. The molecule has 110 valence electrons. The highest BCUT2D eigenvalue weighted by atomic mass is 16.6. The molecule has 0 aromatic carbocycles. The highest BCUT2D eigenvalue weighted by molar-refractivity contribution is 5.67. The second-order valence-electron chi connectivity index (χ2n) is 5.02. The molecule has 0 bridgehead atoms. The molecule has 2 heterocycles. The maximum absolute atomic E-state index is 11.6. The van der Waals surface area contributed by atoms with Gasteiger partial charge >= 0.3 is 6.09 Å². The van der Waals surface area contributed by atoms with Gasteiger partial charge in [-0.2, -0.15) is 0 Å². The van der Waals surface area contributed by atoms with Crippen LogP contribution in [0, 0.1) is 0 Å². The maximum Gasteiger partial charge on any atom is 0.409 e. The lowest BCUT2D eigenvalue weighted by Gasteiger charge is -2.31. The number of likely N-dealkylation sites (tertiary alicyclic amines) is 1. The van der Waals surface area contributed by atoms with Crippen LogP contribution in [-0.2, 0) is 11.2 Å². The minimum absolute atomic E-state index is 0.178. The second-order valence-corrected chi connectivity index (χ2v) is 5.02. The Hall–Kier alpha value is -1.62. The van der Waals surface area contributed by atoms with Gasteiger partial charge < -0.3 is 15.0 Å². The molecule has 1 amide bonds. The van der Waals surface area contributed by atoms with E-state index in [-0.39, 0.29) is 6.09 Å². The minimum atomic E-state index is -0.178. The van der Waals surface area contributed by atoms with Gasteiger partial charge in [0.05, 0.1) is 6.61 Å².